The number of nitrogens with zero attached hydrogens (tertiary/aromatic N) is 2. The smallest absolute Gasteiger partial charge is 0.264 e. The molecule has 0 aliphatic rings. The van der Waals surface area contributed by atoms with Crippen LogP contribution in [0.15, 0.2) is 92.7 Å². The molecule has 0 aliphatic carbocycles. The number of methoxy groups -OCH3 is 1. The van der Waals surface area contributed by atoms with Crippen LogP contribution in [0.5, 0.6) is 11.5 Å². The Kier molecular flexibility index (Phi) is 10.4. The van der Waals surface area contributed by atoms with E-state index in [1.165, 1.54) is 37.2 Å². The lowest BCUT2D eigenvalue weighted by molar-refractivity contribution is -0.119. The topological polar surface area (TPSA) is 97.3 Å². The average Bonchev–Trinajstić information content (AvgIpc) is 2.91. The minimum atomic E-state index is -4.02. The van der Waals surface area contributed by atoms with Crippen molar-refractivity contribution in [1.82, 2.24) is 5.43 Å². The molecule has 3 aromatic carbocycles. The van der Waals surface area contributed by atoms with Gasteiger partial charge in [0.05, 0.1) is 28.4 Å². The van der Waals surface area contributed by atoms with Crippen molar-refractivity contribution in [3.63, 3.8) is 0 Å². The van der Waals surface area contributed by atoms with E-state index in [9.17, 15) is 13.2 Å². The quantitative estimate of drug-likeness (QED) is 0.126. The molecule has 3 aromatic rings. The number of hydrazone groups is 1. The molecule has 0 aliphatic heterocycles. The Morgan fingerprint density at radius 2 is 1.84 bits per heavy atom. The van der Waals surface area contributed by atoms with Crippen molar-refractivity contribution in [1.29, 1.82) is 0 Å². The molecule has 0 heterocycles. The third-order valence-corrected chi connectivity index (χ3v) is 8.38. The van der Waals surface area contributed by atoms with Crippen LogP contribution < -0.4 is 19.2 Å². The van der Waals surface area contributed by atoms with Gasteiger partial charge in [-0.3, -0.25) is 9.10 Å². The van der Waals surface area contributed by atoms with Crippen LogP contribution in [-0.2, 0) is 14.8 Å². The molecule has 0 aromatic heterocycles. The number of benzene rings is 3. The standard InChI is InChI=1S/C27H28BrN3O5S2/c1-5-14-36-27-24(28)15-20(16-25(27)35-3)17-29-30-26(32)18-31(21-8-6-19(2)7-9-21)38(33,34)23-12-10-22(37-4)11-13-23/h5-13,15-17H,1,14,18H2,2-4H3,(H,30,32)/b29-17-. The van der Waals surface area contributed by atoms with E-state index >= 15 is 0 Å². The number of nitrogens with one attached hydrogen (secondary N) is 1. The molecule has 0 radical (unpaired) electrons. The number of carbonyl (C=O) groups is 1. The molecule has 8 nitrogen and oxygen atoms in total. The summed E-state index contributed by atoms with van der Waals surface area (Å²) in [5.74, 6) is 0.374. The van der Waals surface area contributed by atoms with Crippen molar-refractivity contribution in [3.05, 3.63) is 88.9 Å². The highest BCUT2D eigenvalue weighted by Gasteiger charge is 2.27. The van der Waals surface area contributed by atoms with E-state index in [4.69, 9.17) is 9.47 Å². The van der Waals surface area contributed by atoms with Gasteiger partial charge in [0.15, 0.2) is 11.5 Å². The molecule has 0 spiro atoms. The summed E-state index contributed by atoms with van der Waals surface area (Å²) in [7, 11) is -2.51. The highest BCUT2D eigenvalue weighted by atomic mass is 79.9. The number of anilines is 1. The number of amides is 1. The normalized spacial score (nSPS) is 11.3. The zero-order chi connectivity index (χ0) is 27.7. The largest absolute Gasteiger partial charge is 0.493 e. The lowest BCUT2D eigenvalue weighted by Crippen LogP contribution is -2.39. The summed E-state index contributed by atoms with van der Waals surface area (Å²) in [6, 6.07) is 16.9. The van der Waals surface area contributed by atoms with Crippen LogP contribution in [0.1, 0.15) is 11.1 Å². The summed E-state index contributed by atoms with van der Waals surface area (Å²) in [5, 5.41) is 4.01. The van der Waals surface area contributed by atoms with Gasteiger partial charge in [0.1, 0.15) is 13.2 Å². The van der Waals surface area contributed by atoms with Crippen molar-refractivity contribution in [3.8, 4) is 11.5 Å². The van der Waals surface area contributed by atoms with Crippen LogP contribution in [0.25, 0.3) is 0 Å². The Morgan fingerprint density at radius 3 is 2.45 bits per heavy atom. The van der Waals surface area contributed by atoms with Gasteiger partial charge < -0.3 is 9.47 Å². The maximum Gasteiger partial charge on any atom is 0.264 e. The fourth-order valence-electron chi connectivity index (χ4n) is 3.34. The molecule has 0 bridgehead atoms. The van der Waals surface area contributed by atoms with Crippen LogP contribution in [0.2, 0.25) is 0 Å². The Balaban J connectivity index is 1.81. The summed E-state index contributed by atoms with van der Waals surface area (Å²) in [6.07, 6.45) is 4.96. The molecular weight excluding hydrogens is 590 g/mol. The first kappa shape index (κ1) is 29.3. The van der Waals surface area contributed by atoms with E-state index in [0.717, 1.165) is 14.8 Å². The molecule has 1 N–H and O–H groups in total. The first-order valence-electron chi connectivity index (χ1n) is 11.4. The Bertz CT molecular complexity index is 1410. The molecular formula is C27H28BrN3O5S2. The van der Waals surface area contributed by atoms with Gasteiger partial charge in [0, 0.05) is 4.90 Å². The number of sulfonamides is 1. The summed E-state index contributed by atoms with van der Waals surface area (Å²) < 4.78 is 39.7. The van der Waals surface area contributed by atoms with E-state index in [-0.39, 0.29) is 4.90 Å². The molecule has 0 unspecified atom stereocenters. The minimum absolute atomic E-state index is 0.0860. The monoisotopic (exact) mass is 617 g/mol. The Morgan fingerprint density at radius 1 is 1.16 bits per heavy atom. The Labute approximate surface area is 235 Å². The van der Waals surface area contributed by atoms with Crippen molar-refractivity contribution in [2.24, 2.45) is 5.10 Å². The first-order chi connectivity index (χ1) is 18.2. The molecule has 0 saturated heterocycles. The summed E-state index contributed by atoms with van der Waals surface area (Å²) in [4.78, 5) is 13.8. The summed E-state index contributed by atoms with van der Waals surface area (Å²) in [5.41, 5.74) is 4.37. The second kappa shape index (κ2) is 13.5. The second-order valence-corrected chi connectivity index (χ2v) is 11.5. The molecule has 11 heteroatoms. The second-order valence-electron chi connectivity index (χ2n) is 7.95. The van der Waals surface area contributed by atoms with E-state index < -0.39 is 22.5 Å². The molecule has 0 fully saturated rings. The van der Waals surface area contributed by atoms with Gasteiger partial charge >= 0.3 is 0 Å². The molecule has 200 valence electrons. The highest BCUT2D eigenvalue weighted by molar-refractivity contribution is 9.10. The number of carbonyl (C=O) groups excluding carboxylic acids is 1. The lowest BCUT2D eigenvalue weighted by atomic mass is 10.2. The van der Waals surface area contributed by atoms with Crippen LogP contribution in [0.3, 0.4) is 0 Å². The number of rotatable bonds is 12. The molecule has 0 saturated carbocycles. The zero-order valence-electron chi connectivity index (χ0n) is 21.2. The number of hydrogen-bond donors (Lipinski definition) is 1. The van der Waals surface area contributed by atoms with E-state index in [2.05, 4.69) is 33.0 Å². The average molecular weight is 619 g/mol. The summed E-state index contributed by atoms with van der Waals surface area (Å²) in [6.45, 7) is 5.38. The zero-order valence-corrected chi connectivity index (χ0v) is 24.4. The fraction of sp³-hybridized carbons (Fsp3) is 0.185. The lowest BCUT2D eigenvalue weighted by Gasteiger charge is -2.24. The van der Waals surface area contributed by atoms with E-state index in [1.807, 2.05) is 13.2 Å². The van der Waals surface area contributed by atoms with Gasteiger partial charge in [0.25, 0.3) is 15.9 Å². The fourth-order valence-corrected chi connectivity index (χ4v) is 5.75. The van der Waals surface area contributed by atoms with Crippen molar-refractivity contribution < 1.29 is 22.7 Å². The number of thioether (sulfide) groups is 1. The minimum Gasteiger partial charge on any atom is -0.493 e. The van der Waals surface area contributed by atoms with Crippen molar-refractivity contribution in [2.75, 3.05) is 30.8 Å². The molecule has 38 heavy (non-hydrogen) atoms. The van der Waals surface area contributed by atoms with Gasteiger partial charge in [0.2, 0.25) is 0 Å². The van der Waals surface area contributed by atoms with Gasteiger partial charge in [-0.05, 0) is 83.2 Å². The third kappa shape index (κ3) is 7.40. The van der Waals surface area contributed by atoms with Gasteiger partial charge in [-0.15, -0.1) is 11.8 Å². The van der Waals surface area contributed by atoms with Gasteiger partial charge in [-0.25, -0.2) is 13.8 Å². The van der Waals surface area contributed by atoms with Crippen molar-refractivity contribution >= 4 is 55.5 Å². The highest BCUT2D eigenvalue weighted by Crippen LogP contribution is 2.36. The molecule has 3 rings (SSSR count). The van der Waals surface area contributed by atoms with Crippen LogP contribution in [0.4, 0.5) is 5.69 Å². The predicted octanol–water partition coefficient (Wildman–Crippen LogP) is 5.40. The van der Waals surface area contributed by atoms with E-state index in [1.54, 1.807) is 54.6 Å². The van der Waals surface area contributed by atoms with Crippen LogP contribution in [-0.4, -0.2) is 47.1 Å². The number of halogens is 1. The van der Waals surface area contributed by atoms with Crippen molar-refractivity contribution in [2.45, 2.75) is 16.7 Å². The van der Waals surface area contributed by atoms with Gasteiger partial charge in [-0.2, -0.15) is 5.10 Å². The number of hydrogen-bond acceptors (Lipinski definition) is 7. The number of aryl methyl sites for hydroxylation is 1. The maximum atomic E-state index is 13.5. The van der Waals surface area contributed by atoms with Gasteiger partial charge in [-0.1, -0.05) is 30.4 Å². The SMILES string of the molecule is C=CCOc1c(Br)cc(/C=N\NC(=O)CN(c2ccc(C)cc2)S(=O)(=O)c2ccc(SC)cc2)cc1OC. The summed E-state index contributed by atoms with van der Waals surface area (Å²) >= 11 is 4.95. The van der Waals surface area contributed by atoms with Crippen LogP contribution in [0, 0.1) is 6.92 Å². The maximum absolute atomic E-state index is 13.5. The molecule has 0 atom stereocenters. The van der Waals surface area contributed by atoms with E-state index in [0.29, 0.717) is 33.8 Å². The van der Waals surface area contributed by atoms with Crippen LogP contribution >= 0.6 is 27.7 Å². The number of ether oxygens (including phenoxy) is 2. The third-order valence-electron chi connectivity index (χ3n) is 5.26. The first-order valence-corrected chi connectivity index (χ1v) is 14.8. The Hall–Kier alpha value is -3.28. The molecule has 1 amide bonds. The predicted molar refractivity (Wildman–Crippen MR) is 156 cm³/mol.